The molecule has 1 rings (SSSR count). The van der Waals surface area contributed by atoms with Crippen LogP contribution >= 0.6 is 0 Å². The second-order valence-electron chi connectivity index (χ2n) is 3.70. The van der Waals surface area contributed by atoms with Crippen molar-refractivity contribution in [2.24, 2.45) is 0 Å². The van der Waals surface area contributed by atoms with Gasteiger partial charge in [0.1, 0.15) is 11.5 Å². The molecular formula is C12H12F4N2O3. The van der Waals surface area contributed by atoms with Gasteiger partial charge in [0, 0.05) is 18.6 Å². The highest BCUT2D eigenvalue weighted by molar-refractivity contribution is 5.75. The van der Waals surface area contributed by atoms with E-state index < -0.39 is 24.9 Å². The summed E-state index contributed by atoms with van der Waals surface area (Å²) in [6, 6.07) is 3.18. The average molecular weight is 308 g/mol. The molecule has 0 aliphatic rings. The monoisotopic (exact) mass is 308 g/mol. The molecule has 0 heterocycles. The van der Waals surface area contributed by atoms with Gasteiger partial charge in [-0.25, -0.2) is 0 Å². The number of nitrogens with one attached hydrogen (secondary N) is 2. The van der Waals surface area contributed by atoms with Gasteiger partial charge in [-0.1, -0.05) is 6.58 Å². The van der Waals surface area contributed by atoms with Gasteiger partial charge in [-0.2, -0.15) is 17.6 Å². The van der Waals surface area contributed by atoms with E-state index in [4.69, 9.17) is 0 Å². The van der Waals surface area contributed by atoms with Gasteiger partial charge in [-0.3, -0.25) is 15.6 Å². The van der Waals surface area contributed by atoms with Crippen molar-refractivity contribution in [1.82, 2.24) is 10.9 Å². The van der Waals surface area contributed by atoms with Crippen LogP contribution in [-0.2, 0) is 4.79 Å². The van der Waals surface area contributed by atoms with E-state index in [1.165, 1.54) is 13.0 Å². The molecule has 116 valence electrons. The molecule has 1 aromatic rings. The molecule has 0 bridgehead atoms. The molecule has 0 fully saturated rings. The quantitative estimate of drug-likeness (QED) is 0.600. The summed E-state index contributed by atoms with van der Waals surface area (Å²) in [5.74, 6) is -1.21. The van der Waals surface area contributed by atoms with Crippen molar-refractivity contribution < 1.29 is 31.8 Å². The van der Waals surface area contributed by atoms with E-state index in [1.807, 2.05) is 0 Å². The number of halogens is 4. The van der Waals surface area contributed by atoms with E-state index in [0.717, 1.165) is 12.1 Å². The molecule has 0 saturated carbocycles. The first-order chi connectivity index (χ1) is 9.79. The van der Waals surface area contributed by atoms with Crippen LogP contribution in [-0.4, -0.2) is 19.1 Å². The number of ether oxygens (including phenoxy) is 2. The molecule has 0 spiro atoms. The minimum Gasteiger partial charge on any atom is -0.435 e. The maximum atomic E-state index is 12.3. The Hall–Kier alpha value is -2.45. The number of amides is 1. The maximum Gasteiger partial charge on any atom is 0.387 e. The molecule has 0 atom stereocenters. The highest BCUT2D eigenvalue weighted by atomic mass is 19.3. The molecule has 21 heavy (non-hydrogen) atoms. The van der Waals surface area contributed by atoms with Crippen LogP contribution in [0.1, 0.15) is 12.5 Å². The zero-order valence-corrected chi connectivity index (χ0v) is 10.8. The van der Waals surface area contributed by atoms with Gasteiger partial charge in [0.05, 0.1) is 5.70 Å². The number of alkyl halides is 4. The minimum atomic E-state index is -3.17. The molecular weight excluding hydrogens is 296 g/mol. The summed E-state index contributed by atoms with van der Waals surface area (Å²) in [7, 11) is 0. The largest absolute Gasteiger partial charge is 0.435 e. The molecule has 0 unspecified atom stereocenters. The van der Waals surface area contributed by atoms with Crippen molar-refractivity contribution in [3.8, 4) is 11.5 Å². The van der Waals surface area contributed by atoms with Crippen molar-refractivity contribution in [2.45, 2.75) is 20.1 Å². The van der Waals surface area contributed by atoms with Crippen molar-refractivity contribution in [2.75, 3.05) is 0 Å². The zero-order valence-electron chi connectivity index (χ0n) is 10.8. The fourth-order valence-corrected chi connectivity index (χ4v) is 1.35. The lowest BCUT2D eigenvalue weighted by atomic mass is 10.1. The Kier molecular flexibility index (Phi) is 5.82. The first-order valence-corrected chi connectivity index (χ1v) is 5.55. The van der Waals surface area contributed by atoms with E-state index in [-0.39, 0.29) is 17.0 Å². The Labute approximate surface area is 117 Å². The smallest absolute Gasteiger partial charge is 0.387 e. The second kappa shape index (κ2) is 7.36. The van der Waals surface area contributed by atoms with Gasteiger partial charge >= 0.3 is 13.2 Å². The Balaban J connectivity index is 3.00. The van der Waals surface area contributed by atoms with E-state index in [0.29, 0.717) is 0 Å². The third-order valence-corrected chi connectivity index (χ3v) is 2.11. The zero-order chi connectivity index (χ0) is 16.0. The molecule has 9 heteroatoms. The van der Waals surface area contributed by atoms with Crippen molar-refractivity contribution in [3.05, 3.63) is 30.3 Å². The number of carbonyl (C=O) groups is 1. The summed E-state index contributed by atoms with van der Waals surface area (Å²) < 4.78 is 57.2. The van der Waals surface area contributed by atoms with Crippen LogP contribution in [0.2, 0.25) is 0 Å². The standard InChI is InChI=1S/C12H12F4N2O3/c1-6(17-18-7(2)19)9-4-3-8(20-11(13)14)5-10(9)21-12(15)16/h3-5,11-12,17H,1H2,2H3,(H,18,19). The van der Waals surface area contributed by atoms with Gasteiger partial charge in [0.2, 0.25) is 5.91 Å². The van der Waals surface area contributed by atoms with Gasteiger partial charge in [-0.05, 0) is 12.1 Å². The van der Waals surface area contributed by atoms with E-state index in [1.54, 1.807) is 0 Å². The minimum absolute atomic E-state index is 0.0319. The summed E-state index contributed by atoms with van der Waals surface area (Å²) in [5, 5.41) is 0. The Bertz CT molecular complexity index is 523. The van der Waals surface area contributed by atoms with Crippen LogP contribution in [0.25, 0.3) is 5.70 Å². The van der Waals surface area contributed by atoms with Crippen LogP contribution in [0.5, 0.6) is 11.5 Å². The van der Waals surface area contributed by atoms with E-state index >= 15 is 0 Å². The summed E-state index contributed by atoms with van der Waals surface area (Å²) in [4.78, 5) is 10.7. The lowest BCUT2D eigenvalue weighted by Gasteiger charge is -2.15. The van der Waals surface area contributed by atoms with Crippen molar-refractivity contribution in [3.63, 3.8) is 0 Å². The van der Waals surface area contributed by atoms with Crippen LogP contribution in [0.3, 0.4) is 0 Å². The summed E-state index contributed by atoms with van der Waals surface area (Å²) in [6.45, 7) is -1.53. The molecule has 2 N–H and O–H groups in total. The van der Waals surface area contributed by atoms with Crippen LogP contribution in [0, 0.1) is 0 Å². The molecule has 1 amide bonds. The average Bonchev–Trinajstić information content (AvgIpc) is 2.34. The molecule has 5 nitrogen and oxygen atoms in total. The third-order valence-electron chi connectivity index (χ3n) is 2.11. The van der Waals surface area contributed by atoms with Gasteiger partial charge in [-0.15, -0.1) is 0 Å². The highest BCUT2D eigenvalue weighted by Gasteiger charge is 2.15. The molecule has 0 saturated heterocycles. The van der Waals surface area contributed by atoms with Crippen molar-refractivity contribution in [1.29, 1.82) is 0 Å². The predicted octanol–water partition coefficient (Wildman–Crippen LogP) is 2.50. The van der Waals surface area contributed by atoms with Crippen LogP contribution < -0.4 is 20.3 Å². The van der Waals surface area contributed by atoms with E-state index in [9.17, 15) is 22.4 Å². The number of hydrogen-bond acceptors (Lipinski definition) is 4. The van der Waals surface area contributed by atoms with Gasteiger partial charge in [0.25, 0.3) is 0 Å². The van der Waals surface area contributed by atoms with Crippen LogP contribution in [0.15, 0.2) is 24.8 Å². The summed E-state index contributed by atoms with van der Waals surface area (Å²) in [5.41, 5.74) is 4.63. The SMILES string of the molecule is C=C(NNC(C)=O)c1ccc(OC(F)F)cc1OC(F)F. The number of carbonyl (C=O) groups excluding carboxylic acids is 1. The molecule has 0 aliphatic heterocycles. The van der Waals surface area contributed by atoms with Crippen LogP contribution in [0.4, 0.5) is 17.6 Å². The first kappa shape index (κ1) is 16.6. The van der Waals surface area contributed by atoms with Gasteiger partial charge < -0.3 is 9.47 Å². The van der Waals surface area contributed by atoms with Crippen molar-refractivity contribution >= 4 is 11.6 Å². The van der Waals surface area contributed by atoms with E-state index in [2.05, 4.69) is 26.9 Å². The molecule has 0 aliphatic carbocycles. The van der Waals surface area contributed by atoms with Gasteiger partial charge in [0.15, 0.2) is 0 Å². The Morgan fingerprint density at radius 1 is 1.14 bits per heavy atom. The predicted molar refractivity (Wildman–Crippen MR) is 65.7 cm³/mol. The third kappa shape index (κ3) is 5.59. The first-order valence-electron chi connectivity index (χ1n) is 5.55. The fraction of sp³-hybridized carbons (Fsp3) is 0.250. The Morgan fingerprint density at radius 2 is 1.76 bits per heavy atom. The highest BCUT2D eigenvalue weighted by Crippen LogP contribution is 2.30. The summed E-state index contributed by atoms with van der Waals surface area (Å²) in [6.07, 6.45) is 0. The second-order valence-corrected chi connectivity index (χ2v) is 3.70. The Morgan fingerprint density at radius 3 is 2.29 bits per heavy atom. The number of hydrogen-bond donors (Lipinski definition) is 2. The lowest BCUT2D eigenvalue weighted by molar-refractivity contribution is -0.119. The number of benzene rings is 1. The number of rotatable bonds is 7. The molecule has 1 aromatic carbocycles. The lowest BCUT2D eigenvalue weighted by Crippen LogP contribution is -2.34. The maximum absolute atomic E-state index is 12.3. The number of hydrazine groups is 1. The topological polar surface area (TPSA) is 59.6 Å². The summed E-state index contributed by atoms with van der Waals surface area (Å²) >= 11 is 0. The molecule has 0 radical (unpaired) electrons. The fourth-order valence-electron chi connectivity index (χ4n) is 1.35. The normalized spacial score (nSPS) is 10.4. The molecule has 0 aromatic heterocycles.